The van der Waals surface area contributed by atoms with E-state index in [1.165, 1.54) is 16.9 Å². The third kappa shape index (κ3) is 7.74. The lowest BCUT2D eigenvalue weighted by Gasteiger charge is -2.34. The molecule has 10 nitrogen and oxygen atoms in total. The van der Waals surface area contributed by atoms with Crippen molar-refractivity contribution < 1.29 is 33.4 Å². The van der Waals surface area contributed by atoms with Gasteiger partial charge in [0.05, 0.1) is 7.11 Å². The van der Waals surface area contributed by atoms with E-state index in [4.69, 9.17) is 14.2 Å². The molecule has 40 heavy (non-hydrogen) atoms. The molecular weight excluding hydrogens is 514 g/mol. The second kappa shape index (κ2) is 13.0. The Kier molecular flexibility index (Phi) is 9.71. The van der Waals surface area contributed by atoms with Crippen LogP contribution in [0.4, 0.5) is 10.5 Å². The van der Waals surface area contributed by atoms with Crippen LogP contribution >= 0.6 is 0 Å². The Hall–Kier alpha value is -3.14. The Labute approximate surface area is 236 Å². The van der Waals surface area contributed by atoms with E-state index in [1.54, 1.807) is 45.0 Å². The molecule has 0 aromatic heterocycles. The van der Waals surface area contributed by atoms with Crippen LogP contribution in [-0.2, 0) is 23.9 Å². The summed E-state index contributed by atoms with van der Waals surface area (Å²) in [7, 11) is 1.54. The van der Waals surface area contributed by atoms with Crippen LogP contribution in [0.3, 0.4) is 0 Å². The molecule has 0 bridgehead atoms. The predicted octanol–water partition coefficient (Wildman–Crippen LogP) is 4.34. The van der Waals surface area contributed by atoms with Gasteiger partial charge in [-0.25, -0.2) is 4.79 Å². The van der Waals surface area contributed by atoms with Gasteiger partial charge in [-0.1, -0.05) is 38.5 Å². The van der Waals surface area contributed by atoms with E-state index in [9.17, 15) is 19.2 Å². The molecule has 2 saturated carbocycles. The minimum absolute atomic E-state index is 0.0529. The topological polar surface area (TPSA) is 118 Å². The summed E-state index contributed by atoms with van der Waals surface area (Å²) in [5.74, 6) is -1.02. The summed E-state index contributed by atoms with van der Waals surface area (Å²) >= 11 is 0. The Morgan fingerprint density at radius 1 is 0.875 bits per heavy atom. The fourth-order valence-corrected chi connectivity index (χ4v) is 5.62. The normalized spacial score (nSPS) is 21.7. The molecule has 10 heteroatoms. The number of nitrogens with zero attached hydrogens (tertiary/aromatic N) is 2. The number of carbonyl (C=O) groups is 4. The quantitative estimate of drug-likeness (QED) is 0.373. The molecule has 0 spiro atoms. The maximum Gasteiger partial charge on any atom is 0.326 e. The van der Waals surface area contributed by atoms with Crippen molar-refractivity contribution in [3.05, 3.63) is 24.3 Å². The van der Waals surface area contributed by atoms with Crippen LogP contribution in [0.1, 0.15) is 85.0 Å². The maximum atomic E-state index is 13.7. The lowest BCUT2D eigenvalue weighted by Crippen LogP contribution is -2.54. The highest BCUT2D eigenvalue weighted by atomic mass is 16.6. The van der Waals surface area contributed by atoms with Gasteiger partial charge in [0.15, 0.2) is 12.2 Å². The Morgan fingerprint density at radius 3 is 2.02 bits per heavy atom. The number of imide groups is 1. The fourth-order valence-electron chi connectivity index (χ4n) is 5.62. The number of methoxy groups -OCH3 is 1. The standard InChI is InChI=1S/C30H43N3O7/c1-30(2,3)40-24(34)19-32(21-15-17-23(38-4)18-16-21)27(35)25-26(39-25)28(36)33(22-13-9-6-10-14-22)29(37)31-20-11-7-5-8-12-20/h15-18,20,22,25-26H,5-14,19H2,1-4H3,(H,31,37)/t25-,26+/m1/s1. The number of nitrogens with one attached hydrogen (secondary N) is 1. The van der Waals surface area contributed by atoms with Gasteiger partial charge < -0.3 is 19.5 Å². The second-order valence-corrected chi connectivity index (χ2v) is 12.0. The van der Waals surface area contributed by atoms with Gasteiger partial charge in [0.1, 0.15) is 17.9 Å². The van der Waals surface area contributed by atoms with Crippen molar-refractivity contribution in [3.8, 4) is 5.75 Å². The van der Waals surface area contributed by atoms with E-state index < -0.39 is 41.6 Å². The van der Waals surface area contributed by atoms with E-state index in [0.717, 1.165) is 64.2 Å². The maximum absolute atomic E-state index is 13.7. The Bertz CT molecular complexity index is 1060. The molecule has 3 fully saturated rings. The van der Waals surface area contributed by atoms with Crippen LogP contribution in [0.15, 0.2) is 24.3 Å². The highest BCUT2D eigenvalue weighted by Crippen LogP contribution is 2.32. The predicted molar refractivity (Wildman–Crippen MR) is 149 cm³/mol. The Morgan fingerprint density at radius 2 is 1.45 bits per heavy atom. The number of ether oxygens (including phenoxy) is 3. The summed E-state index contributed by atoms with van der Waals surface area (Å²) < 4.78 is 16.3. The molecule has 0 radical (unpaired) electrons. The molecule has 4 rings (SSSR count). The number of esters is 1. The first kappa shape index (κ1) is 29.8. The van der Waals surface area contributed by atoms with E-state index in [0.29, 0.717) is 11.4 Å². The molecule has 1 saturated heterocycles. The molecule has 1 aromatic rings. The fraction of sp³-hybridized carbons (Fsp3) is 0.667. The molecule has 0 unspecified atom stereocenters. The van der Waals surface area contributed by atoms with Gasteiger partial charge in [-0.3, -0.25) is 24.2 Å². The van der Waals surface area contributed by atoms with E-state index in [-0.39, 0.29) is 18.6 Å². The number of epoxide rings is 1. The van der Waals surface area contributed by atoms with Crippen molar-refractivity contribution in [1.29, 1.82) is 0 Å². The van der Waals surface area contributed by atoms with Crippen molar-refractivity contribution in [2.75, 3.05) is 18.6 Å². The van der Waals surface area contributed by atoms with Crippen molar-refractivity contribution in [2.45, 2.75) is 115 Å². The van der Waals surface area contributed by atoms with E-state index in [1.807, 2.05) is 0 Å². The molecule has 1 heterocycles. The van der Waals surface area contributed by atoms with Crippen LogP contribution < -0.4 is 15.0 Å². The number of carbonyl (C=O) groups excluding carboxylic acids is 4. The third-order valence-electron chi connectivity index (χ3n) is 7.66. The molecule has 4 amide bonds. The average Bonchev–Trinajstić information content (AvgIpc) is 3.73. The van der Waals surface area contributed by atoms with Crippen molar-refractivity contribution in [1.82, 2.24) is 10.2 Å². The first-order chi connectivity index (χ1) is 19.1. The van der Waals surface area contributed by atoms with Crippen LogP contribution in [0.25, 0.3) is 0 Å². The summed E-state index contributed by atoms with van der Waals surface area (Å²) in [4.78, 5) is 56.1. The summed E-state index contributed by atoms with van der Waals surface area (Å²) in [6.45, 7) is 4.90. The van der Waals surface area contributed by atoms with Crippen LogP contribution in [0.2, 0.25) is 0 Å². The number of urea groups is 1. The summed E-state index contributed by atoms with van der Waals surface area (Å²) in [6.07, 6.45) is 7.36. The van der Waals surface area contributed by atoms with Gasteiger partial charge in [0.2, 0.25) is 0 Å². The molecule has 1 aromatic carbocycles. The number of hydrogen-bond donors (Lipinski definition) is 1. The zero-order valence-corrected chi connectivity index (χ0v) is 24.1. The highest BCUT2D eigenvalue weighted by molar-refractivity contribution is 6.07. The van der Waals surface area contributed by atoms with Crippen molar-refractivity contribution >= 4 is 29.5 Å². The lowest BCUT2D eigenvalue weighted by atomic mass is 9.93. The SMILES string of the molecule is COc1ccc(N(CC(=O)OC(C)(C)C)C(=O)[C@@H]2O[C@@H]2C(=O)N(C(=O)NC2CCCCC2)C2CCCCC2)cc1. The summed E-state index contributed by atoms with van der Waals surface area (Å²) in [5, 5.41) is 3.07. The lowest BCUT2D eigenvalue weighted by molar-refractivity contribution is -0.153. The molecule has 1 N–H and O–H groups in total. The van der Waals surface area contributed by atoms with Gasteiger partial charge >= 0.3 is 12.0 Å². The van der Waals surface area contributed by atoms with Crippen LogP contribution in [0, 0.1) is 0 Å². The third-order valence-corrected chi connectivity index (χ3v) is 7.66. The second-order valence-electron chi connectivity index (χ2n) is 12.0. The van der Waals surface area contributed by atoms with Gasteiger partial charge in [-0.05, 0) is 70.7 Å². The number of hydrogen-bond acceptors (Lipinski definition) is 7. The molecular formula is C30H43N3O7. The van der Waals surface area contributed by atoms with Crippen LogP contribution in [0.5, 0.6) is 5.75 Å². The Balaban J connectivity index is 1.50. The van der Waals surface area contributed by atoms with Crippen molar-refractivity contribution in [3.63, 3.8) is 0 Å². The van der Waals surface area contributed by atoms with Crippen LogP contribution in [-0.4, -0.2) is 72.3 Å². The van der Waals surface area contributed by atoms with Crippen molar-refractivity contribution in [2.24, 2.45) is 0 Å². The molecule has 3 aliphatic rings. The number of amides is 4. The first-order valence-electron chi connectivity index (χ1n) is 14.5. The summed E-state index contributed by atoms with van der Waals surface area (Å²) in [5.41, 5.74) is -0.288. The van der Waals surface area contributed by atoms with E-state index >= 15 is 0 Å². The molecule has 2 aliphatic carbocycles. The first-order valence-corrected chi connectivity index (χ1v) is 14.5. The monoisotopic (exact) mass is 557 g/mol. The van der Waals surface area contributed by atoms with Gasteiger partial charge in [0, 0.05) is 17.8 Å². The zero-order chi connectivity index (χ0) is 28.9. The minimum atomic E-state index is -1.09. The van der Waals surface area contributed by atoms with E-state index in [2.05, 4.69) is 5.32 Å². The van der Waals surface area contributed by atoms with Gasteiger partial charge in [0.25, 0.3) is 11.8 Å². The molecule has 1 aliphatic heterocycles. The smallest absolute Gasteiger partial charge is 0.326 e. The highest BCUT2D eigenvalue weighted by Gasteiger charge is 2.55. The molecule has 2 atom stereocenters. The number of anilines is 1. The zero-order valence-electron chi connectivity index (χ0n) is 24.1. The largest absolute Gasteiger partial charge is 0.497 e. The minimum Gasteiger partial charge on any atom is -0.497 e. The van der Waals surface area contributed by atoms with Gasteiger partial charge in [-0.2, -0.15) is 0 Å². The average molecular weight is 558 g/mol. The van der Waals surface area contributed by atoms with Gasteiger partial charge in [-0.15, -0.1) is 0 Å². The number of benzene rings is 1. The summed E-state index contributed by atoms with van der Waals surface area (Å²) in [6, 6.07) is 6.12. The number of rotatable bonds is 8. The molecule has 220 valence electrons.